The number of aryl methyl sites for hydroxylation is 1. The zero-order chi connectivity index (χ0) is 19.6. The fourth-order valence-corrected chi connectivity index (χ4v) is 3.03. The van der Waals surface area contributed by atoms with Crippen molar-refractivity contribution in [3.05, 3.63) is 65.2 Å². The molecule has 27 heavy (non-hydrogen) atoms. The lowest BCUT2D eigenvalue weighted by Gasteiger charge is -2.14. The molecule has 148 valence electrons. The molecular weight excluding hydrogens is 332 g/mol. The Morgan fingerprint density at radius 3 is 1.85 bits per heavy atom. The molecular formula is C25H36O2. The van der Waals surface area contributed by atoms with Crippen molar-refractivity contribution >= 4 is 0 Å². The molecule has 0 bridgehead atoms. The summed E-state index contributed by atoms with van der Waals surface area (Å²) in [6, 6.07) is 17.2. The number of benzene rings is 2. The highest BCUT2D eigenvalue weighted by Gasteiger charge is 2.16. The fraction of sp³-hybridized carbons (Fsp3) is 0.520. The predicted molar refractivity (Wildman–Crippen MR) is 115 cm³/mol. The standard InChI is InChI=1S/C14H20O2.C11H16/c1-3-11(2)12-6-8-13(9-7-12)16-14-5-4-10-15-14;1-4-10(3)11-7-5-9(2)6-8-11/h6-9,11,14H,3-5,10H2,1-2H3;5-8,10H,4H2,1-3H3. The number of hydrogen-bond acceptors (Lipinski definition) is 2. The maximum atomic E-state index is 5.72. The SMILES string of the molecule is CCC(C)c1ccc(C)cc1.CCC(C)c1ccc(OC2CCCO2)cc1. The second-order valence-corrected chi connectivity index (χ2v) is 7.66. The molecule has 2 nitrogen and oxygen atoms in total. The van der Waals surface area contributed by atoms with Gasteiger partial charge < -0.3 is 9.47 Å². The van der Waals surface area contributed by atoms with Gasteiger partial charge in [-0.05, 0) is 61.3 Å². The molecule has 3 unspecified atom stereocenters. The van der Waals surface area contributed by atoms with Gasteiger partial charge in [-0.15, -0.1) is 0 Å². The third kappa shape index (κ3) is 7.03. The average Bonchev–Trinajstić information content (AvgIpc) is 3.21. The maximum Gasteiger partial charge on any atom is 0.199 e. The number of hydrogen-bond donors (Lipinski definition) is 0. The van der Waals surface area contributed by atoms with Gasteiger partial charge in [0.1, 0.15) is 5.75 Å². The lowest BCUT2D eigenvalue weighted by atomic mass is 9.98. The van der Waals surface area contributed by atoms with E-state index in [9.17, 15) is 0 Å². The van der Waals surface area contributed by atoms with Crippen LogP contribution in [0, 0.1) is 6.92 Å². The predicted octanol–water partition coefficient (Wildman–Crippen LogP) is 7.22. The normalized spacial score (nSPS) is 18.3. The Hall–Kier alpha value is -1.80. The first-order chi connectivity index (χ1) is 13.0. The molecule has 2 aromatic rings. The van der Waals surface area contributed by atoms with Crippen molar-refractivity contribution in [3.8, 4) is 5.75 Å². The van der Waals surface area contributed by atoms with Gasteiger partial charge in [-0.2, -0.15) is 0 Å². The van der Waals surface area contributed by atoms with Crippen LogP contribution in [0.5, 0.6) is 5.75 Å². The van der Waals surface area contributed by atoms with E-state index in [1.54, 1.807) is 0 Å². The Balaban J connectivity index is 0.000000208. The lowest BCUT2D eigenvalue weighted by molar-refractivity contribution is -0.0390. The third-order valence-corrected chi connectivity index (χ3v) is 5.48. The summed E-state index contributed by atoms with van der Waals surface area (Å²) in [5.74, 6) is 2.24. The van der Waals surface area contributed by atoms with Gasteiger partial charge in [0.25, 0.3) is 0 Å². The Labute approximate surface area is 165 Å². The summed E-state index contributed by atoms with van der Waals surface area (Å²) in [4.78, 5) is 0. The number of ether oxygens (including phenoxy) is 2. The molecule has 0 radical (unpaired) electrons. The Kier molecular flexibility index (Phi) is 8.87. The highest BCUT2D eigenvalue weighted by Crippen LogP contribution is 2.24. The molecule has 0 amide bonds. The van der Waals surface area contributed by atoms with Crippen LogP contribution in [0.2, 0.25) is 0 Å². The van der Waals surface area contributed by atoms with Crippen molar-refractivity contribution in [2.45, 2.75) is 78.4 Å². The van der Waals surface area contributed by atoms with E-state index >= 15 is 0 Å². The molecule has 0 aromatic heterocycles. The van der Waals surface area contributed by atoms with Crippen molar-refractivity contribution in [2.24, 2.45) is 0 Å². The summed E-state index contributed by atoms with van der Waals surface area (Å²) < 4.78 is 11.2. The van der Waals surface area contributed by atoms with Crippen LogP contribution in [0.1, 0.15) is 81.9 Å². The molecule has 1 aliphatic heterocycles. The van der Waals surface area contributed by atoms with Crippen LogP contribution in [-0.4, -0.2) is 12.9 Å². The first kappa shape index (κ1) is 21.5. The molecule has 2 heteroatoms. The molecule has 0 saturated carbocycles. The topological polar surface area (TPSA) is 18.5 Å². The molecule has 1 heterocycles. The van der Waals surface area contributed by atoms with E-state index in [0.717, 1.165) is 25.2 Å². The van der Waals surface area contributed by atoms with Gasteiger partial charge >= 0.3 is 0 Å². The summed E-state index contributed by atoms with van der Waals surface area (Å²) in [5, 5.41) is 0. The Bertz CT molecular complexity index is 639. The first-order valence-electron chi connectivity index (χ1n) is 10.5. The van der Waals surface area contributed by atoms with Gasteiger partial charge in [0.2, 0.25) is 0 Å². The summed E-state index contributed by atoms with van der Waals surface area (Å²) in [6.45, 7) is 11.9. The van der Waals surface area contributed by atoms with E-state index in [4.69, 9.17) is 9.47 Å². The maximum absolute atomic E-state index is 5.72. The van der Waals surface area contributed by atoms with Crippen molar-refractivity contribution < 1.29 is 9.47 Å². The molecule has 0 spiro atoms. The van der Waals surface area contributed by atoms with Gasteiger partial charge in [0, 0.05) is 6.42 Å². The largest absolute Gasteiger partial charge is 0.465 e. The Morgan fingerprint density at radius 1 is 0.889 bits per heavy atom. The van der Waals surface area contributed by atoms with Gasteiger partial charge in [0.05, 0.1) is 6.61 Å². The van der Waals surface area contributed by atoms with Crippen molar-refractivity contribution in [3.63, 3.8) is 0 Å². The van der Waals surface area contributed by atoms with Crippen LogP contribution in [0.3, 0.4) is 0 Å². The first-order valence-corrected chi connectivity index (χ1v) is 10.5. The quantitative estimate of drug-likeness (QED) is 0.535. The highest BCUT2D eigenvalue weighted by molar-refractivity contribution is 5.29. The minimum atomic E-state index is -0.0329. The van der Waals surface area contributed by atoms with Crippen molar-refractivity contribution in [1.29, 1.82) is 0 Å². The van der Waals surface area contributed by atoms with Crippen molar-refractivity contribution in [2.75, 3.05) is 6.61 Å². The van der Waals surface area contributed by atoms with Crippen LogP contribution in [0.4, 0.5) is 0 Å². The summed E-state index contributed by atoms with van der Waals surface area (Å²) in [5.41, 5.74) is 4.18. The zero-order valence-electron chi connectivity index (χ0n) is 17.7. The average molecular weight is 369 g/mol. The van der Waals surface area contributed by atoms with Crippen LogP contribution in [0.25, 0.3) is 0 Å². The van der Waals surface area contributed by atoms with E-state index in [1.807, 2.05) is 12.1 Å². The molecule has 0 aliphatic carbocycles. The molecule has 3 atom stereocenters. The van der Waals surface area contributed by atoms with E-state index in [1.165, 1.54) is 29.5 Å². The summed E-state index contributed by atoms with van der Waals surface area (Å²) in [6.07, 6.45) is 4.48. The second-order valence-electron chi connectivity index (χ2n) is 7.66. The Morgan fingerprint density at radius 2 is 1.41 bits per heavy atom. The van der Waals surface area contributed by atoms with Gasteiger partial charge in [-0.1, -0.05) is 69.7 Å². The monoisotopic (exact) mass is 368 g/mol. The molecule has 1 aliphatic rings. The van der Waals surface area contributed by atoms with Crippen LogP contribution in [0.15, 0.2) is 48.5 Å². The summed E-state index contributed by atoms with van der Waals surface area (Å²) in [7, 11) is 0. The smallest absolute Gasteiger partial charge is 0.199 e. The third-order valence-electron chi connectivity index (χ3n) is 5.48. The van der Waals surface area contributed by atoms with E-state index in [2.05, 4.69) is 71.0 Å². The molecule has 1 saturated heterocycles. The van der Waals surface area contributed by atoms with Crippen LogP contribution < -0.4 is 4.74 Å². The fourth-order valence-electron chi connectivity index (χ4n) is 3.03. The molecule has 0 N–H and O–H groups in total. The molecule has 1 fully saturated rings. The van der Waals surface area contributed by atoms with E-state index in [-0.39, 0.29) is 6.29 Å². The van der Waals surface area contributed by atoms with Crippen LogP contribution >= 0.6 is 0 Å². The van der Waals surface area contributed by atoms with Gasteiger partial charge in [-0.3, -0.25) is 0 Å². The lowest BCUT2D eigenvalue weighted by Crippen LogP contribution is -2.13. The van der Waals surface area contributed by atoms with Crippen molar-refractivity contribution in [1.82, 2.24) is 0 Å². The molecule has 2 aromatic carbocycles. The van der Waals surface area contributed by atoms with E-state index < -0.39 is 0 Å². The van der Waals surface area contributed by atoms with Crippen LogP contribution in [-0.2, 0) is 4.74 Å². The van der Waals surface area contributed by atoms with E-state index in [0.29, 0.717) is 11.8 Å². The molecule has 3 rings (SSSR count). The van der Waals surface area contributed by atoms with Gasteiger partial charge in [-0.25, -0.2) is 0 Å². The zero-order valence-corrected chi connectivity index (χ0v) is 17.7. The second kappa shape index (κ2) is 11.1. The highest BCUT2D eigenvalue weighted by atomic mass is 16.7. The minimum Gasteiger partial charge on any atom is -0.465 e. The summed E-state index contributed by atoms with van der Waals surface area (Å²) >= 11 is 0. The minimum absolute atomic E-state index is 0.0329. The van der Waals surface area contributed by atoms with Gasteiger partial charge in [0.15, 0.2) is 6.29 Å². The number of rotatable bonds is 6.